The number of para-hydroxylation sites is 4. The Morgan fingerprint density at radius 2 is 0.777 bits per heavy atom. The summed E-state index contributed by atoms with van der Waals surface area (Å²) in [6.45, 7) is 10.1. The number of halogens is 3. The van der Waals surface area contributed by atoms with Gasteiger partial charge in [0.15, 0.2) is 16.9 Å². The first-order valence-electron chi connectivity index (χ1n) is 46.9. The molecule has 3 saturated heterocycles. The quantitative estimate of drug-likeness (QED) is 0.0277. The number of carbonyl (C=O) groups excluding carboxylic acids is 3. The van der Waals surface area contributed by atoms with Crippen molar-refractivity contribution in [1.82, 2.24) is 87.7 Å². The number of benzene rings is 4. The number of ether oxygens (including phenoxy) is 7. The maximum atomic E-state index is 12.7. The van der Waals surface area contributed by atoms with E-state index in [-0.39, 0.29) is 53.9 Å². The molecule has 139 heavy (non-hydrogen) atoms. The van der Waals surface area contributed by atoms with E-state index in [1.807, 2.05) is 189 Å². The van der Waals surface area contributed by atoms with E-state index in [0.29, 0.717) is 74.3 Å². The molecular weight excluding hydrogens is 1830 g/mol. The maximum Gasteiger partial charge on any atom is 0.220 e. The van der Waals surface area contributed by atoms with Crippen LogP contribution in [0.15, 0.2) is 152 Å². The Hall–Kier alpha value is -13.6. The number of nitrogens with one attached hydrogen (secondary N) is 3. The van der Waals surface area contributed by atoms with Gasteiger partial charge >= 0.3 is 0 Å². The van der Waals surface area contributed by atoms with Crippen LogP contribution in [0.1, 0.15) is 156 Å². The van der Waals surface area contributed by atoms with Gasteiger partial charge in [0.25, 0.3) is 0 Å². The molecule has 3 unspecified atom stereocenters. The Bertz CT molecular complexity index is 7040. The third-order valence-electron chi connectivity index (χ3n) is 25.1. The number of aromatic nitrogens is 18. The van der Waals surface area contributed by atoms with Gasteiger partial charge in [0.1, 0.15) is 103 Å². The summed E-state index contributed by atoms with van der Waals surface area (Å²) in [5.41, 5.74) is 32.6. The highest BCUT2D eigenvalue weighted by Crippen LogP contribution is 2.47. The molecule has 3 atom stereocenters. The van der Waals surface area contributed by atoms with Crippen molar-refractivity contribution < 1.29 is 47.5 Å². The van der Waals surface area contributed by atoms with Crippen molar-refractivity contribution in [2.24, 2.45) is 56.7 Å². The highest BCUT2D eigenvalue weighted by atomic mass is 35.5. The number of aryl methyl sites for hydroxylation is 7. The van der Waals surface area contributed by atoms with Crippen molar-refractivity contribution >= 4 is 137 Å². The molecule has 11 aromatic heterocycles. The van der Waals surface area contributed by atoms with Gasteiger partial charge in [-0.3, -0.25) is 56.8 Å². The Balaban J connectivity index is 0.000000122. The predicted octanol–water partition coefficient (Wildman–Crippen LogP) is 20.1. The fourth-order valence-electron chi connectivity index (χ4n) is 17.9. The molecule has 3 saturated carbocycles. The van der Waals surface area contributed by atoms with Gasteiger partial charge in [0, 0.05) is 166 Å². The van der Waals surface area contributed by atoms with Crippen LogP contribution in [-0.2, 0) is 76.0 Å². The lowest BCUT2D eigenvalue weighted by Crippen LogP contribution is -2.19. The van der Waals surface area contributed by atoms with E-state index in [0.717, 1.165) is 263 Å². The zero-order chi connectivity index (χ0) is 97.4. The number of Topliss-reactive ketones (excluding diaryl/α,β-unsaturated/α-hetero) is 2. The zero-order valence-electron chi connectivity index (χ0n) is 80.0. The number of primary amides is 1. The summed E-state index contributed by atoms with van der Waals surface area (Å²) in [7, 11) is 14.2. The Morgan fingerprint density at radius 3 is 1.15 bits per heavy atom. The predicted molar refractivity (Wildman–Crippen MR) is 539 cm³/mol. The van der Waals surface area contributed by atoms with E-state index in [2.05, 4.69) is 60.4 Å². The number of fused-ring (bicyclic) bond motifs is 4. The van der Waals surface area contributed by atoms with Gasteiger partial charge in [-0.05, 0) is 166 Å². The van der Waals surface area contributed by atoms with Crippen molar-refractivity contribution in [2.75, 3.05) is 69.9 Å². The molecule has 22 rings (SSSR count). The lowest BCUT2D eigenvalue weighted by molar-refractivity contribution is -0.120. The summed E-state index contributed by atoms with van der Waals surface area (Å²) >= 11 is 18.6. The number of rotatable bonds is 24. The number of pyridine rings is 4. The first-order valence-corrected chi connectivity index (χ1v) is 48.0. The van der Waals surface area contributed by atoms with E-state index in [9.17, 15) is 14.4 Å². The summed E-state index contributed by atoms with van der Waals surface area (Å²) in [5.74, 6) is 6.46. The third-order valence-corrected chi connectivity index (χ3v) is 25.8. The van der Waals surface area contributed by atoms with E-state index in [1.165, 1.54) is 0 Å². The maximum absolute atomic E-state index is 12.7. The van der Waals surface area contributed by atoms with Crippen LogP contribution in [0, 0.1) is 38.5 Å². The number of carbonyl (C=O) groups is 3. The van der Waals surface area contributed by atoms with Crippen LogP contribution < -0.4 is 46.4 Å². The minimum Gasteiger partial charge on any atom is -0.494 e. The van der Waals surface area contributed by atoms with Crippen LogP contribution in [-0.4, -0.2) is 159 Å². The standard InChI is InChI=1S/C28H32N6O3.C24H25N5O2.C23H25ClN6O2.C12H13Cl2N3O.C11H13N3O.C4H7NO/c1-17-30-26-23(32-22-8-6-7-21(27(22)36-3)19-15-29-33(2)16-19)13-20(14-24(35)18-10-11-18)31-28(26)34(17)25-9-4-5-12-37-25;1-14-9-20-23(26-14)21(10-17(27-20)11-22(30)15-7-8-15)28-19-6-4-5-18(24(19)31-3)16-12-25-29(2)13-16;1-14-26-21-18(11-19(24)28-23(21)30(14)20-9-4-5-10-32-20)27-17-8-6-7-16(22(17)31-3)15-12-25-29(2)13-15;1-7-15-11-8(13)6-9(14)16-12(11)17(7)10-4-2-3-5-18-10;1-14-7-8(6-13-14)9-4-3-5-10(12)11(9)15-2;5-4(6)3-1-2-3/h6-8,13,15-16,18,25H,4-5,9-12,14H2,1-3H3,(H,31,32);4-6,10,12-13,15H,7-9,11H2,1-3H3,(H,27,28);6-8,11-13,20H,4-5,9-10H2,1-3H3,(H,27,28);6,10H,2-5H2,1H3;3-7H,12H2,1-2H3;3H,1-2H2,(H2,5,6). The molecule has 4 aliphatic heterocycles. The molecule has 0 spiro atoms. The van der Waals surface area contributed by atoms with Crippen molar-refractivity contribution in [3.05, 3.63) is 197 Å². The SMILES string of the molecule is COc1c(N)cccc1-c1cnn(C)c1.COc1c(Nc2cc(CC(=O)C3CC3)nc3c2N=C(C)C3)cccc1-c1cnn(C)c1.COc1c(Nc2cc(CC(=O)C3CC3)nc3c2nc(C)n3C2CCCCO2)cccc1-c1cnn(C)c1.COc1c(Nc2cc(Cl)nc3c2nc(C)n3C2CCCCO2)cccc1-c1cnn(C)c1.Cc1nc2c(Cl)cc(Cl)nc2n1C1CCCCO1.NC(=O)C1CC1. The summed E-state index contributed by atoms with van der Waals surface area (Å²) in [5, 5.41) is 28.8. The molecule has 37 heteroatoms. The lowest BCUT2D eigenvalue weighted by atomic mass is 10.1. The monoisotopic (exact) mass is 1940 g/mol. The number of nitrogen functional groups attached to an aromatic ring is 1. The molecule has 15 aromatic rings. The number of amides is 1. The van der Waals surface area contributed by atoms with Crippen molar-refractivity contribution in [1.29, 1.82) is 0 Å². The average molecular weight is 1940 g/mol. The molecule has 34 nitrogen and oxygen atoms in total. The molecule has 4 aromatic carbocycles. The highest BCUT2D eigenvalue weighted by molar-refractivity contribution is 6.37. The number of hydrogen-bond acceptors (Lipinski definition) is 26. The van der Waals surface area contributed by atoms with E-state index in [1.54, 1.807) is 65.5 Å². The molecule has 724 valence electrons. The molecular formula is C102H115Cl3N24O10. The van der Waals surface area contributed by atoms with Gasteiger partial charge in [-0.25, -0.2) is 29.9 Å². The number of nitrogens with zero attached hydrogens (tertiary/aromatic N) is 19. The molecule has 1 amide bonds. The number of anilines is 7. The second-order valence-corrected chi connectivity index (χ2v) is 36.9. The number of hydrogen-bond donors (Lipinski definition) is 5. The Morgan fingerprint density at radius 1 is 0.417 bits per heavy atom. The van der Waals surface area contributed by atoms with E-state index < -0.39 is 0 Å². The van der Waals surface area contributed by atoms with Gasteiger partial charge in [0.2, 0.25) is 5.91 Å². The summed E-state index contributed by atoms with van der Waals surface area (Å²) < 4.78 is 53.8. The molecule has 0 bridgehead atoms. The average Bonchev–Trinajstić information content (AvgIpc) is 1.62. The number of imidazole rings is 3. The van der Waals surface area contributed by atoms with Crippen LogP contribution >= 0.6 is 34.8 Å². The molecule has 7 N–H and O–H groups in total. The first kappa shape index (κ1) is 97.0. The number of nitrogens with two attached hydrogens (primary N) is 2. The smallest absolute Gasteiger partial charge is 0.220 e. The van der Waals surface area contributed by atoms with Crippen LogP contribution in [0.2, 0.25) is 15.3 Å². The Labute approximate surface area is 819 Å². The minimum absolute atomic E-state index is 0.00853. The van der Waals surface area contributed by atoms with Crippen LogP contribution in [0.4, 0.5) is 45.5 Å². The number of ketones is 2. The van der Waals surface area contributed by atoms with Gasteiger partial charge in [-0.15, -0.1) is 0 Å². The molecule has 0 radical (unpaired) electrons. The van der Waals surface area contributed by atoms with Crippen molar-refractivity contribution in [2.45, 2.75) is 162 Å². The number of aliphatic imine (C=N–C) groups is 1. The van der Waals surface area contributed by atoms with E-state index in [4.69, 9.17) is 104 Å². The topological polar surface area (TPSA) is 393 Å². The molecule has 6 fully saturated rings. The largest absolute Gasteiger partial charge is 0.494 e. The Kier molecular flexibility index (Phi) is 30.1. The van der Waals surface area contributed by atoms with Gasteiger partial charge < -0.3 is 60.6 Å². The van der Waals surface area contributed by atoms with E-state index >= 15 is 0 Å². The van der Waals surface area contributed by atoms with Gasteiger partial charge in [-0.1, -0.05) is 83.3 Å². The van der Waals surface area contributed by atoms with Crippen molar-refractivity contribution in [3.63, 3.8) is 0 Å². The van der Waals surface area contributed by atoms with Crippen LogP contribution in [0.5, 0.6) is 23.0 Å². The second-order valence-electron chi connectivity index (χ2n) is 35.7. The summed E-state index contributed by atoms with van der Waals surface area (Å²) in [4.78, 5) is 72.6. The molecule has 7 aliphatic rings. The normalized spacial score (nSPS) is 16.5. The summed E-state index contributed by atoms with van der Waals surface area (Å²) in [6, 6.07) is 30.9. The van der Waals surface area contributed by atoms with Gasteiger partial charge in [0.05, 0.1) is 115 Å². The fraction of sp³-hybridized carbons (Fsp3) is 0.382. The fourth-order valence-corrected chi connectivity index (χ4v) is 18.5. The summed E-state index contributed by atoms with van der Waals surface area (Å²) in [6.07, 6.45) is 31.8. The van der Waals surface area contributed by atoms with Gasteiger partial charge in [-0.2, -0.15) is 20.4 Å². The first-order chi connectivity index (χ1) is 67.3. The second kappa shape index (κ2) is 43.2. The van der Waals surface area contributed by atoms with Crippen LogP contribution in [0.3, 0.4) is 0 Å². The molecule has 3 aliphatic carbocycles. The number of methoxy groups -OCH3 is 4. The van der Waals surface area contributed by atoms with Crippen LogP contribution in [0.25, 0.3) is 78.0 Å². The lowest BCUT2D eigenvalue weighted by Gasteiger charge is -2.25. The highest BCUT2D eigenvalue weighted by Gasteiger charge is 2.35. The zero-order valence-corrected chi connectivity index (χ0v) is 82.3. The van der Waals surface area contributed by atoms with Crippen molar-refractivity contribution in [3.8, 4) is 67.5 Å². The minimum atomic E-state index is -0.130. The molecule has 15 heterocycles. The third kappa shape index (κ3) is 22.5.